The maximum absolute atomic E-state index is 13.7. The van der Waals surface area contributed by atoms with Gasteiger partial charge in [-0.1, -0.05) is 26.0 Å². The Morgan fingerprint density at radius 1 is 1.44 bits per heavy atom. The normalized spacial score (nSPS) is 12.6. The quantitative estimate of drug-likeness (QED) is 0.845. The van der Waals surface area contributed by atoms with Crippen molar-refractivity contribution in [1.29, 1.82) is 0 Å². The van der Waals surface area contributed by atoms with Gasteiger partial charge in [-0.2, -0.15) is 0 Å². The Bertz CT molecular complexity index is 418. The number of benzene rings is 1. The molecule has 0 aliphatic carbocycles. The summed E-state index contributed by atoms with van der Waals surface area (Å²) >= 11 is 0. The van der Waals surface area contributed by atoms with Gasteiger partial charge in [0, 0.05) is 6.54 Å². The number of rotatable bonds is 5. The molecule has 1 aromatic rings. The topological polar surface area (TPSA) is 49.3 Å². The molecule has 100 valence electrons. The van der Waals surface area contributed by atoms with Crippen LogP contribution in [-0.4, -0.2) is 23.7 Å². The molecule has 2 N–H and O–H groups in total. The predicted octanol–water partition coefficient (Wildman–Crippen LogP) is 2.27. The lowest BCUT2D eigenvalue weighted by Gasteiger charge is -2.14. The van der Waals surface area contributed by atoms with Gasteiger partial charge in [-0.3, -0.25) is 4.79 Å². The number of aliphatic hydroxyl groups is 1. The monoisotopic (exact) mass is 253 g/mol. The molecule has 3 nitrogen and oxygen atoms in total. The molecule has 18 heavy (non-hydrogen) atoms. The van der Waals surface area contributed by atoms with Gasteiger partial charge >= 0.3 is 0 Å². The van der Waals surface area contributed by atoms with Crippen LogP contribution in [0.15, 0.2) is 18.2 Å². The van der Waals surface area contributed by atoms with Crippen molar-refractivity contribution in [1.82, 2.24) is 5.32 Å². The number of aliphatic hydroxyl groups excluding tert-OH is 1. The van der Waals surface area contributed by atoms with Gasteiger partial charge in [-0.25, -0.2) is 4.39 Å². The number of hydrogen-bond donors (Lipinski definition) is 2. The molecule has 0 aromatic heterocycles. The Morgan fingerprint density at radius 2 is 2.11 bits per heavy atom. The zero-order chi connectivity index (χ0) is 13.7. The van der Waals surface area contributed by atoms with Crippen LogP contribution in [0.5, 0.6) is 0 Å². The van der Waals surface area contributed by atoms with E-state index in [4.69, 9.17) is 0 Å². The average molecular weight is 253 g/mol. The highest BCUT2D eigenvalue weighted by molar-refractivity contribution is 5.94. The molecule has 0 aliphatic heterocycles. The van der Waals surface area contributed by atoms with E-state index in [0.29, 0.717) is 18.5 Å². The molecule has 0 bridgehead atoms. The molecule has 0 fully saturated rings. The molecule has 1 atom stereocenters. The summed E-state index contributed by atoms with van der Waals surface area (Å²) in [4.78, 5) is 11.7. The van der Waals surface area contributed by atoms with Crippen molar-refractivity contribution in [3.05, 3.63) is 35.1 Å². The van der Waals surface area contributed by atoms with Crippen LogP contribution in [0.2, 0.25) is 0 Å². The van der Waals surface area contributed by atoms with Crippen LogP contribution in [-0.2, 0) is 0 Å². The molecule has 0 aliphatic rings. The molecular formula is C14H20FNO2. The lowest BCUT2D eigenvalue weighted by atomic mass is 10.0. The Hall–Kier alpha value is -1.42. The number of nitrogens with one attached hydrogen (secondary N) is 1. The van der Waals surface area contributed by atoms with E-state index in [1.54, 1.807) is 19.1 Å². The molecule has 0 spiro atoms. The second-order valence-corrected chi connectivity index (χ2v) is 4.79. The van der Waals surface area contributed by atoms with Crippen LogP contribution in [0.4, 0.5) is 4.39 Å². The second kappa shape index (κ2) is 6.50. The van der Waals surface area contributed by atoms with Gasteiger partial charge in [0.25, 0.3) is 5.91 Å². The molecular weight excluding hydrogens is 233 g/mol. The molecule has 0 heterocycles. The summed E-state index contributed by atoms with van der Waals surface area (Å²) in [7, 11) is 0. The maximum Gasteiger partial charge on any atom is 0.254 e. The van der Waals surface area contributed by atoms with E-state index in [0.717, 1.165) is 0 Å². The van der Waals surface area contributed by atoms with Crippen LogP contribution >= 0.6 is 0 Å². The smallest absolute Gasteiger partial charge is 0.254 e. The fourth-order valence-electron chi connectivity index (χ4n) is 1.58. The highest BCUT2D eigenvalue weighted by atomic mass is 19.1. The average Bonchev–Trinajstić information content (AvgIpc) is 2.32. The summed E-state index contributed by atoms with van der Waals surface area (Å²) in [5, 5.41) is 12.2. The van der Waals surface area contributed by atoms with Gasteiger partial charge < -0.3 is 10.4 Å². The summed E-state index contributed by atoms with van der Waals surface area (Å²) in [6.07, 6.45) is 0.0178. The highest BCUT2D eigenvalue weighted by Gasteiger charge is 2.14. The van der Waals surface area contributed by atoms with Crippen molar-refractivity contribution in [3.8, 4) is 0 Å². The van der Waals surface area contributed by atoms with E-state index in [2.05, 4.69) is 5.32 Å². The Labute approximate surface area is 107 Å². The molecule has 0 radical (unpaired) electrons. The largest absolute Gasteiger partial charge is 0.393 e. The first-order valence-electron chi connectivity index (χ1n) is 6.15. The number of hydrogen-bond acceptors (Lipinski definition) is 2. The molecule has 0 saturated heterocycles. The minimum Gasteiger partial charge on any atom is -0.393 e. The predicted molar refractivity (Wildman–Crippen MR) is 68.9 cm³/mol. The lowest BCUT2D eigenvalue weighted by Crippen LogP contribution is -2.29. The number of carbonyl (C=O) groups is 1. The number of carbonyl (C=O) groups excluding carboxylic acids is 1. The zero-order valence-electron chi connectivity index (χ0n) is 11.0. The third kappa shape index (κ3) is 3.81. The van der Waals surface area contributed by atoms with E-state index in [1.807, 2.05) is 13.8 Å². The van der Waals surface area contributed by atoms with Gasteiger partial charge in [0.15, 0.2) is 0 Å². The van der Waals surface area contributed by atoms with Gasteiger partial charge in [0.05, 0.1) is 11.7 Å². The number of halogens is 1. The Balaban J connectivity index is 2.54. The molecule has 4 heteroatoms. The third-order valence-corrected chi connectivity index (χ3v) is 2.93. The van der Waals surface area contributed by atoms with E-state index in [-0.39, 0.29) is 11.5 Å². The van der Waals surface area contributed by atoms with Crippen molar-refractivity contribution in [2.45, 2.75) is 33.3 Å². The van der Waals surface area contributed by atoms with Crippen molar-refractivity contribution in [2.75, 3.05) is 6.54 Å². The van der Waals surface area contributed by atoms with Crippen molar-refractivity contribution < 1.29 is 14.3 Å². The Morgan fingerprint density at radius 3 is 2.72 bits per heavy atom. The first kappa shape index (κ1) is 14.6. The number of aryl methyl sites for hydroxylation is 1. The SMILES string of the molecule is Cc1cccc(C(=O)NCCC(O)C(C)C)c1F. The lowest BCUT2D eigenvalue weighted by molar-refractivity contribution is 0.0916. The fourth-order valence-corrected chi connectivity index (χ4v) is 1.58. The van der Waals surface area contributed by atoms with Crippen LogP contribution in [0.3, 0.4) is 0 Å². The van der Waals surface area contributed by atoms with Crippen LogP contribution in [0, 0.1) is 18.7 Å². The van der Waals surface area contributed by atoms with E-state index in [9.17, 15) is 14.3 Å². The van der Waals surface area contributed by atoms with Crippen LogP contribution in [0.25, 0.3) is 0 Å². The van der Waals surface area contributed by atoms with Crippen LogP contribution in [0.1, 0.15) is 36.2 Å². The van der Waals surface area contributed by atoms with Crippen molar-refractivity contribution in [3.63, 3.8) is 0 Å². The minimum atomic E-state index is -0.487. The summed E-state index contributed by atoms with van der Waals surface area (Å²) in [6, 6.07) is 4.72. The van der Waals surface area contributed by atoms with Crippen molar-refractivity contribution >= 4 is 5.91 Å². The molecule has 1 amide bonds. The van der Waals surface area contributed by atoms with E-state index < -0.39 is 17.8 Å². The summed E-state index contributed by atoms with van der Waals surface area (Å²) < 4.78 is 13.7. The summed E-state index contributed by atoms with van der Waals surface area (Å²) in [6.45, 7) is 5.78. The van der Waals surface area contributed by atoms with Crippen LogP contribution < -0.4 is 5.32 Å². The van der Waals surface area contributed by atoms with Gasteiger partial charge in [0.2, 0.25) is 0 Å². The highest BCUT2D eigenvalue weighted by Crippen LogP contribution is 2.11. The van der Waals surface area contributed by atoms with Crippen molar-refractivity contribution in [2.24, 2.45) is 5.92 Å². The second-order valence-electron chi connectivity index (χ2n) is 4.79. The van der Waals surface area contributed by atoms with E-state index >= 15 is 0 Å². The molecule has 1 rings (SSSR count). The summed E-state index contributed by atoms with van der Waals surface area (Å²) in [5.74, 6) is -0.774. The third-order valence-electron chi connectivity index (χ3n) is 2.93. The van der Waals surface area contributed by atoms with Gasteiger partial charge in [-0.15, -0.1) is 0 Å². The fraction of sp³-hybridized carbons (Fsp3) is 0.500. The zero-order valence-corrected chi connectivity index (χ0v) is 11.0. The van der Waals surface area contributed by atoms with Gasteiger partial charge in [0.1, 0.15) is 5.82 Å². The van der Waals surface area contributed by atoms with Gasteiger partial charge in [-0.05, 0) is 30.9 Å². The summed E-state index contributed by atoms with van der Waals surface area (Å²) in [5.41, 5.74) is 0.499. The first-order chi connectivity index (χ1) is 8.43. The minimum absolute atomic E-state index is 0.0500. The molecule has 0 saturated carbocycles. The standard InChI is InChI=1S/C14H20FNO2/c1-9(2)12(17)7-8-16-14(18)11-6-4-5-10(3)13(11)15/h4-6,9,12,17H,7-8H2,1-3H3,(H,16,18). The molecule has 1 aromatic carbocycles. The van der Waals surface area contributed by atoms with E-state index in [1.165, 1.54) is 6.07 Å². The number of amides is 1. The first-order valence-corrected chi connectivity index (χ1v) is 6.15. The molecule has 1 unspecified atom stereocenters. The maximum atomic E-state index is 13.7. The Kier molecular flexibility index (Phi) is 5.28.